The molecule has 0 atom stereocenters. The molecule has 0 bridgehead atoms. The van der Waals surface area contributed by atoms with Gasteiger partial charge in [-0.1, -0.05) is 0 Å². The van der Waals surface area contributed by atoms with E-state index in [0.717, 1.165) is 3.92 Å². The predicted molar refractivity (Wildman–Crippen MR) is 57.9 cm³/mol. The van der Waals surface area contributed by atoms with Gasteiger partial charge in [-0.15, -0.1) is 22.7 Å². The molecule has 2 rings (SSSR count). The summed E-state index contributed by atoms with van der Waals surface area (Å²) in [5.74, 6) is 0. The largest absolute Gasteiger partial charge is 0.237 e. The van der Waals surface area contributed by atoms with Crippen LogP contribution in [0, 0.1) is 6.92 Å². The van der Waals surface area contributed by atoms with Gasteiger partial charge in [0.1, 0.15) is 0 Å². The number of aromatic nitrogens is 1. The Morgan fingerprint density at radius 2 is 2.08 bits per heavy atom. The molecule has 0 spiro atoms. The Bertz CT molecular complexity index is 353. The van der Waals surface area contributed by atoms with Gasteiger partial charge in [-0.25, -0.2) is 4.98 Å². The van der Waals surface area contributed by atoms with Crippen LogP contribution in [0.4, 0.5) is 0 Å². The minimum absolute atomic E-state index is 0.948. The topological polar surface area (TPSA) is 12.9 Å². The lowest BCUT2D eigenvalue weighted by molar-refractivity contribution is 1.38. The monoisotopic (exact) mass is 259 g/mol. The van der Waals surface area contributed by atoms with Crippen molar-refractivity contribution in [3.05, 3.63) is 27.1 Å². The van der Waals surface area contributed by atoms with Gasteiger partial charge in [0.2, 0.25) is 0 Å². The standard InChI is InChI=1S/C8H6BrNS2/c1-5-2-3-6(11-5)7-4-10-8(9)12-7/h2-4H,1H3. The van der Waals surface area contributed by atoms with Crippen molar-refractivity contribution in [2.24, 2.45) is 0 Å². The number of thiazole rings is 1. The molecule has 4 heteroatoms. The Balaban J connectivity index is 2.43. The van der Waals surface area contributed by atoms with Crippen LogP contribution in [-0.4, -0.2) is 4.98 Å². The van der Waals surface area contributed by atoms with E-state index in [1.54, 1.807) is 22.7 Å². The maximum Gasteiger partial charge on any atom is 0.159 e. The number of hydrogen-bond acceptors (Lipinski definition) is 3. The Labute approximate surface area is 87.2 Å². The molecule has 62 valence electrons. The van der Waals surface area contributed by atoms with Crippen LogP contribution >= 0.6 is 38.6 Å². The van der Waals surface area contributed by atoms with Crippen molar-refractivity contribution < 1.29 is 0 Å². The Morgan fingerprint density at radius 1 is 1.25 bits per heavy atom. The molecule has 0 N–H and O–H groups in total. The maximum atomic E-state index is 4.14. The summed E-state index contributed by atoms with van der Waals surface area (Å²) in [6, 6.07) is 4.27. The van der Waals surface area contributed by atoms with Gasteiger partial charge in [-0.05, 0) is 35.0 Å². The fourth-order valence-electron chi connectivity index (χ4n) is 0.934. The third-order valence-electron chi connectivity index (χ3n) is 1.46. The molecule has 0 radical (unpaired) electrons. The summed E-state index contributed by atoms with van der Waals surface area (Å²) < 4.78 is 0.948. The molecule has 0 fully saturated rings. The lowest BCUT2D eigenvalue weighted by Crippen LogP contribution is -1.57. The van der Waals surface area contributed by atoms with E-state index in [1.807, 2.05) is 6.20 Å². The van der Waals surface area contributed by atoms with E-state index in [1.165, 1.54) is 14.6 Å². The van der Waals surface area contributed by atoms with E-state index in [2.05, 4.69) is 40.0 Å². The minimum atomic E-state index is 0.948. The van der Waals surface area contributed by atoms with Crippen molar-refractivity contribution in [1.82, 2.24) is 4.98 Å². The van der Waals surface area contributed by atoms with E-state index >= 15 is 0 Å². The van der Waals surface area contributed by atoms with Gasteiger partial charge in [0.25, 0.3) is 0 Å². The van der Waals surface area contributed by atoms with Gasteiger partial charge in [0, 0.05) is 16.0 Å². The van der Waals surface area contributed by atoms with Crippen molar-refractivity contribution in [3.63, 3.8) is 0 Å². The molecule has 0 aliphatic carbocycles. The second-order valence-electron chi connectivity index (χ2n) is 2.39. The number of aryl methyl sites for hydroxylation is 1. The highest BCUT2D eigenvalue weighted by atomic mass is 79.9. The summed E-state index contributed by atoms with van der Waals surface area (Å²) in [6.07, 6.45) is 1.90. The third kappa shape index (κ3) is 1.60. The van der Waals surface area contributed by atoms with Gasteiger partial charge in [-0.2, -0.15) is 0 Å². The second kappa shape index (κ2) is 3.28. The molecule has 2 heterocycles. The third-order valence-corrected chi connectivity index (χ3v) is 4.13. The van der Waals surface area contributed by atoms with Crippen molar-refractivity contribution >= 4 is 38.6 Å². The van der Waals surface area contributed by atoms with Crippen molar-refractivity contribution in [2.75, 3.05) is 0 Å². The van der Waals surface area contributed by atoms with Crippen molar-refractivity contribution in [1.29, 1.82) is 0 Å². The SMILES string of the molecule is Cc1ccc(-c2cnc(Br)s2)s1. The number of rotatable bonds is 1. The molecular weight excluding hydrogens is 254 g/mol. The number of thiophene rings is 1. The first kappa shape index (κ1) is 8.41. The number of hydrogen-bond donors (Lipinski definition) is 0. The summed E-state index contributed by atoms with van der Waals surface area (Å²) in [4.78, 5) is 8.02. The Kier molecular flexibility index (Phi) is 2.30. The molecular formula is C8H6BrNS2. The van der Waals surface area contributed by atoms with Crippen LogP contribution in [0.5, 0.6) is 0 Å². The number of nitrogens with zero attached hydrogens (tertiary/aromatic N) is 1. The predicted octanol–water partition coefficient (Wildman–Crippen LogP) is 3.94. The zero-order chi connectivity index (χ0) is 8.55. The lowest BCUT2D eigenvalue weighted by atomic mass is 10.4. The van der Waals surface area contributed by atoms with E-state index in [9.17, 15) is 0 Å². The van der Waals surface area contributed by atoms with E-state index in [-0.39, 0.29) is 0 Å². The first-order valence-corrected chi connectivity index (χ1v) is 5.86. The fourth-order valence-corrected chi connectivity index (χ4v) is 3.14. The molecule has 0 aliphatic rings. The molecule has 0 aromatic carbocycles. The van der Waals surface area contributed by atoms with Crippen LogP contribution < -0.4 is 0 Å². The highest BCUT2D eigenvalue weighted by Gasteiger charge is 2.03. The van der Waals surface area contributed by atoms with Crippen molar-refractivity contribution in [3.8, 4) is 9.75 Å². The van der Waals surface area contributed by atoms with E-state index in [4.69, 9.17) is 0 Å². The summed E-state index contributed by atoms with van der Waals surface area (Å²) in [6.45, 7) is 2.12. The van der Waals surface area contributed by atoms with Gasteiger partial charge in [-0.3, -0.25) is 0 Å². The smallest absolute Gasteiger partial charge is 0.159 e. The van der Waals surface area contributed by atoms with Crippen LogP contribution in [-0.2, 0) is 0 Å². The molecule has 0 saturated heterocycles. The van der Waals surface area contributed by atoms with Crippen LogP contribution in [0.3, 0.4) is 0 Å². The fraction of sp³-hybridized carbons (Fsp3) is 0.125. The molecule has 0 saturated carbocycles. The molecule has 0 unspecified atom stereocenters. The van der Waals surface area contributed by atoms with Crippen LogP contribution in [0.15, 0.2) is 22.2 Å². The Hall–Kier alpha value is -0.190. The maximum absolute atomic E-state index is 4.14. The first-order chi connectivity index (χ1) is 5.75. The molecule has 12 heavy (non-hydrogen) atoms. The summed E-state index contributed by atoms with van der Waals surface area (Å²) >= 11 is 6.82. The normalized spacial score (nSPS) is 10.5. The first-order valence-electron chi connectivity index (χ1n) is 3.44. The summed E-state index contributed by atoms with van der Waals surface area (Å²) in [7, 11) is 0. The van der Waals surface area contributed by atoms with Gasteiger partial charge in [0.15, 0.2) is 3.92 Å². The van der Waals surface area contributed by atoms with E-state index in [0.29, 0.717) is 0 Å². The number of halogens is 1. The molecule has 0 aliphatic heterocycles. The molecule has 1 nitrogen and oxygen atoms in total. The molecule has 2 aromatic heterocycles. The quantitative estimate of drug-likeness (QED) is 0.756. The summed E-state index contributed by atoms with van der Waals surface area (Å²) in [5, 5.41) is 0. The minimum Gasteiger partial charge on any atom is -0.237 e. The lowest BCUT2D eigenvalue weighted by Gasteiger charge is -1.85. The van der Waals surface area contributed by atoms with Gasteiger partial charge < -0.3 is 0 Å². The van der Waals surface area contributed by atoms with Crippen molar-refractivity contribution in [2.45, 2.75) is 6.92 Å². The Morgan fingerprint density at radius 3 is 2.58 bits per heavy atom. The van der Waals surface area contributed by atoms with Crippen LogP contribution in [0.25, 0.3) is 9.75 Å². The zero-order valence-corrected chi connectivity index (χ0v) is 9.59. The van der Waals surface area contributed by atoms with Gasteiger partial charge in [0.05, 0.1) is 4.88 Å². The van der Waals surface area contributed by atoms with Crippen LogP contribution in [0.1, 0.15) is 4.88 Å². The summed E-state index contributed by atoms with van der Waals surface area (Å²) in [5.41, 5.74) is 0. The highest BCUT2D eigenvalue weighted by molar-refractivity contribution is 9.11. The second-order valence-corrected chi connectivity index (χ2v) is 5.98. The van der Waals surface area contributed by atoms with Gasteiger partial charge >= 0.3 is 0 Å². The molecule has 2 aromatic rings. The van der Waals surface area contributed by atoms with Crippen LogP contribution in [0.2, 0.25) is 0 Å². The average Bonchev–Trinajstić information content (AvgIpc) is 2.58. The highest BCUT2D eigenvalue weighted by Crippen LogP contribution is 2.33. The average molecular weight is 260 g/mol. The van der Waals surface area contributed by atoms with E-state index < -0.39 is 0 Å². The molecule has 0 amide bonds. The zero-order valence-electron chi connectivity index (χ0n) is 6.37.